The van der Waals surface area contributed by atoms with Crippen LogP contribution in [0.25, 0.3) is 16.9 Å². The fraction of sp³-hybridized carbons (Fsp3) is 0.500. The molecule has 0 unspecified atom stereocenters. The molecule has 2 amide bonds. The molecule has 4 N–H and O–H groups in total. The molecular formula is C28H34N6O5S. The number of nitrogen functional groups attached to an aromatic ring is 1. The van der Waals surface area contributed by atoms with Crippen molar-refractivity contribution in [1.82, 2.24) is 24.8 Å². The van der Waals surface area contributed by atoms with Crippen molar-refractivity contribution in [3.63, 3.8) is 0 Å². The van der Waals surface area contributed by atoms with Gasteiger partial charge in [-0.15, -0.1) is 5.10 Å². The number of aliphatic hydroxyl groups is 1. The predicted molar refractivity (Wildman–Crippen MR) is 148 cm³/mol. The van der Waals surface area contributed by atoms with Crippen LogP contribution in [-0.2, 0) is 16.4 Å². The summed E-state index contributed by atoms with van der Waals surface area (Å²) >= 11 is 0. The minimum atomic E-state index is -3.72. The van der Waals surface area contributed by atoms with Gasteiger partial charge in [-0.25, -0.2) is 17.9 Å². The molecule has 0 bridgehead atoms. The van der Waals surface area contributed by atoms with Gasteiger partial charge in [-0.3, -0.25) is 9.59 Å². The van der Waals surface area contributed by atoms with Crippen LogP contribution in [-0.4, -0.2) is 68.8 Å². The third kappa shape index (κ3) is 4.72. The molecule has 12 heteroatoms. The number of sulfone groups is 1. The van der Waals surface area contributed by atoms with E-state index in [0.717, 1.165) is 19.1 Å². The minimum Gasteiger partial charge on any atom is -0.390 e. The second kappa shape index (κ2) is 9.27. The first-order valence-electron chi connectivity index (χ1n) is 13.7. The maximum Gasteiger partial charge on any atom is 0.259 e. The number of nitrogens with one attached hydrogen (secondary N) is 1. The van der Waals surface area contributed by atoms with E-state index in [4.69, 9.17) is 5.73 Å². The van der Waals surface area contributed by atoms with E-state index >= 15 is 0 Å². The topological polar surface area (TPSA) is 160 Å². The molecule has 3 aliphatic rings. The van der Waals surface area contributed by atoms with Gasteiger partial charge in [-0.05, 0) is 82.1 Å². The Hall–Kier alpha value is -3.51. The number of aromatic nitrogens is 3. The highest BCUT2D eigenvalue weighted by atomic mass is 32.2. The minimum absolute atomic E-state index is 0.0173. The Labute approximate surface area is 232 Å². The molecule has 1 atom stereocenters. The maximum absolute atomic E-state index is 13.3. The first-order valence-corrected chi connectivity index (χ1v) is 15.6. The van der Waals surface area contributed by atoms with Crippen molar-refractivity contribution in [2.75, 3.05) is 12.0 Å². The van der Waals surface area contributed by atoms with Crippen LogP contribution in [0.3, 0.4) is 0 Å². The number of carbonyl (C=O) groups is 2. The number of anilines is 1. The van der Waals surface area contributed by atoms with Crippen LogP contribution in [0, 0.1) is 5.92 Å². The average Bonchev–Trinajstić information content (AvgIpc) is 3.61. The maximum atomic E-state index is 13.3. The molecule has 6 rings (SSSR count). The molecule has 0 spiro atoms. The Morgan fingerprint density at radius 1 is 1.23 bits per heavy atom. The molecular weight excluding hydrogens is 532 g/mol. The lowest BCUT2D eigenvalue weighted by molar-refractivity contribution is 0.0140. The van der Waals surface area contributed by atoms with Crippen molar-refractivity contribution >= 4 is 33.1 Å². The zero-order valence-corrected chi connectivity index (χ0v) is 23.7. The Balaban J connectivity index is 1.37. The van der Waals surface area contributed by atoms with Gasteiger partial charge in [-0.1, -0.05) is 0 Å². The highest BCUT2D eigenvalue weighted by Crippen LogP contribution is 2.40. The second-order valence-electron chi connectivity index (χ2n) is 11.9. The molecule has 0 saturated heterocycles. The molecule has 1 aromatic carbocycles. The van der Waals surface area contributed by atoms with Gasteiger partial charge in [0, 0.05) is 36.6 Å². The average molecular weight is 567 g/mol. The quantitative estimate of drug-likeness (QED) is 0.410. The molecule has 212 valence electrons. The van der Waals surface area contributed by atoms with E-state index in [2.05, 4.69) is 15.4 Å². The van der Waals surface area contributed by atoms with E-state index in [1.54, 1.807) is 24.1 Å². The first kappa shape index (κ1) is 26.7. The smallest absolute Gasteiger partial charge is 0.259 e. The van der Waals surface area contributed by atoms with Gasteiger partial charge < -0.3 is 21.1 Å². The summed E-state index contributed by atoms with van der Waals surface area (Å²) in [6, 6.07) is 4.92. The summed E-state index contributed by atoms with van der Waals surface area (Å²) in [6.07, 6.45) is 7.35. The molecule has 3 aromatic rings. The summed E-state index contributed by atoms with van der Waals surface area (Å²) in [4.78, 5) is 33.1. The fourth-order valence-corrected chi connectivity index (χ4v) is 6.94. The number of benzene rings is 1. The van der Waals surface area contributed by atoms with Gasteiger partial charge in [0.2, 0.25) is 0 Å². The van der Waals surface area contributed by atoms with Crippen LogP contribution < -0.4 is 11.1 Å². The van der Waals surface area contributed by atoms with Gasteiger partial charge in [0.1, 0.15) is 5.56 Å². The zero-order chi connectivity index (χ0) is 28.6. The lowest BCUT2D eigenvalue weighted by Crippen LogP contribution is -2.42. The predicted octanol–water partition coefficient (Wildman–Crippen LogP) is 2.56. The van der Waals surface area contributed by atoms with Crippen molar-refractivity contribution in [1.29, 1.82) is 0 Å². The van der Waals surface area contributed by atoms with Gasteiger partial charge in [-0.2, -0.15) is 0 Å². The number of fused-ring (bicyclic) bond motifs is 2. The Morgan fingerprint density at radius 2 is 1.93 bits per heavy atom. The lowest BCUT2D eigenvalue weighted by atomic mass is 9.83. The third-order valence-corrected chi connectivity index (χ3v) is 9.75. The largest absolute Gasteiger partial charge is 0.390 e. The summed E-state index contributed by atoms with van der Waals surface area (Å²) in [7, 11) is -3.72. The first-order chi connectivity index (χ1) is 18.8. The van der Waals surface area contributed by atoms with Crippen LogP contribution in [0.1, 0.15) is 78.7 Å². The van der Waals surface area contributed by atoms with Gasteiger partial charge in [0.25, 0.3) is 11.8 Å². The zero-order valence-electron chi connectivity index (χ0n) is 22.8. The number of hydrogen-bond donors (Lipinski definition) is 3. The van der Waals surface area contributed by atoms with Crippen LogP contribution in [0.2, 0.25) is 0 Å². The fourth-order valence-electron chi connectivity index (χ4n) is 6.01. The standard InChI is InChI=1S/C28H34N6O5S/c1-15(16-4-5-16)33-14-18-12-17(13-21(40(3,38)39)22(18)27(33)36)20-8-11-34-25(31-20)23(24(29)32-34)26(35)30-19-6-9-28(2,37)10-7-19/h8,11-13,15-16,19,37H,4-7,9-10,14H2,1-3H3,(H2,29,32)(H,30,35)/t15-,19?,28?/m0/s1. The van der Waals surface area contributed by atoms with Crippen molar-refractivity contribution in [3.8, 4) is 11.3 Å². The van der Waals surface area contributed by atoms with Gasteiger partial charge in [0.15, 0.2) is 21.3 Å². The highest BCUT2D eigenvalue weighted by molar-refractivity contribution is 7.90. The molecule has 2 aromatic heterocycles. The van der Waals surface area contributed by atoms with Crippen LogP contribution in [0.4, 0.5) is 5.82 Å². The van der Waals surface area contributed by atoms with E-state index in [-0.39, 0.29) is 45.5 Å². The number of nitrogens with two attached hydrogens (primary N) is 1. The number of amides is 2. The molecule has 1 aliphatic heterocycles. The Kier molecular flexibility index (Phi) is 6.19. The summed E-state index contributed by atoms with van der Waals surface area (Å²) < 4.78 is 27.1. The number of rotatable bonds is 6. The van der Waals surface area contributed by atoms with E-state index in [0.29, 0.717) is 55.0 Å². The normalized spacial score (nSPS) is 23.9. The molecule has 40 heavy (non-hydrogen) atoms. The summed E-state index contributed by atoms with van der Waals surface area (Å²) in [5.74, 6) is -0.172. The van der Waals surface area contributed by atoms with Crippen LogP contribution >= 0.6 is 0 Å². The molecule has 0 radical (unpaired) electrons. The summed E-state index contributed by atoms with van der Waals surface area (Å²) in [5, 5.41) is 17.5. The highest BCUT2D eigenvalue weighted by Gasteiger charge is 2.41. The Morgan fingerprint density at radius 3 is 2.58 bits per heavy atom. The van der Waals surface area contributed by atoms with Crippen molar-refractivity contribution < 1.29 is 23.1 Å². The summed E-state index contributed by atoms with van der Waals surface area (Å²) in [5.41, 5.74) is 7.65. The van der Waals surface area contributed by atoms with Crippen LogP contribution in [0.15, 0.2) is 29.3 Å². The van der Waals surface area contributed by atoms with Crippen molar-refractivity contribution in [2.45, 2.75) is 81.5 Å². The molecule has 2 fully saturated rings. The lowest BCUT2D eigenvalue weighted by Gasteiger charge is -2.33. The van der Waals surface area contributed by atoms with Gasteiger partial charge >= 0.3 is 0 Å². The number of hydrogen-bond acceptors (Lipinski definition) is 8. The Bertz CT molecular complexity index is 1650. The second-order valence-corrected chi connectivity index (χ2v) is 13.9. The van der Waals surface area contributed by atoms with Crippen molar-refractivity contribution in [2.24, 2.45) is 5.92 Å². The third-order valence-electron chi connectivity index (χ3n) is 8.63. The van der Waals surface area contributed by atoms with E-state index in [1.807, 2.05) is 13.0 Å². The SMILES string of the molecule is C[C@@H](C1CC1)N1Cc2cc(-c3ccn4nc(N)c(C(=O)NC5CCC(C)(O)CC5)c4n3)cc(S(C)(=O)=O)c2C1=O. The number of nitrogens with zero attached hydrogens (tertiary/aromatic N) is 4. The van der Waals surface area contributed by atoms with Gasteiger partial charge in [0.05, 0.1) is 21.8 Å². The molecule has 2 aliphatic carbocycles. The van der Waals surface area contributed by atoms with Crippen LogP contribution in [0.5, 0.6) is 0 Å². The van der Waals surface area contributed by atoms with E-state index < -0.39 is 21.3 Å². The van der Waals surface area contributed by atoms with Crippen molar-refractivity contribution in [3.05, 3.63) is 41.1 Å². The monoisotopic (exact) mass is 566 g/mol. The molecule has 3 heterocycles. The van der Waals surface area contributed by atoms with E-state index in [9.17, 15) is 23.1 Å². The van der Waals surface area contributed by atoms with E-state index in [1.165, 1.54) is 10.6 Å². The summed E-state index contributed by atoms with van der Waals surface area (Å²) in [6.45, 7) is 4.16. The number of carbonyl (C=O) groups excluding carboxylic acids is 2. The molecule has 2 saturated carbocycles. The molecule has 11 nitrogen and oxygen atoms in total.